The van der Waals surface area contributed by atoms with Crippen LogP contribution in [-0.2, 0) is 0 Å². The minimum atomic E-state index is 1.27. The van der Waals surface area contributed by atoms with Crippen LogP contribution in [-0.4, -0.2) is 0 Å². The summed E-state index contributed by atoms with van der Waals surface area (Å²) in [5, 5.41) is 0. The van der Waals surface area contributed by atoms with Crippen LogP contribution >= 0.6 is 0 Å². The maximum absolute atomic E-state index is 3.93. The Labute approximate surface area is 98.5 Å². The maximum Gasteiger partial charge on any atom is -0.0274 e. The van der Waals surface area contributed by atoms with E-state index in [9.17, 15) is 0 Å². The smallest absolute Gasteiger partial charge is 0.0274 e. The average molecular weight is 212 g/mol. The second-order valence-corrected chi connectivity index (χ2v) is 2.89. The molecule has 0 aromatic heterocycles. The van der Waals surface area contributed by atoms with Crippen molar-refractivity contribution in [2.75, 3.05) is 0 Å². The largest absolute Gasteiger partial charge is 0.0958 e. The topological polar surface area (TPSA) is 0 Å². The number of allylic oxidation sites excluding steroid dienone is 3. The summed E-state index contributed by atoms with van der Waals surface area (Å²) < 4.78 is 0. The summed E-state index contributed by atoms with van der Waals surface area (Å²) in [5.74, 6) is 0. The molecule has 0 amide bonds. The molecule has 0 N–H and O–H groups in total. The highest BCUT2D eigenvalue weighted by atomic mass is 14.1. The van der Waals surface area contributed by atoms with E-state index >= 15 is 0 Å². The molecule has 0 aromatic carbocycles. The normalized spacial score (nSPS) is 12.5. The van der Waals surface area contributed by atoms with E-state index in [1.165, 1.54) is 30.4 Å². The van der Waals surface area contributed by atoms with Gasteiger partial charge in [0, 0.05) is 0 Å². The zero-order valence-corrected chi connectivity index (χ0v) is 12.3. The molecule has 0 heteroatoms. The number of hydrogen-bond acceptors (Lipinski definition) is 0. The Balaban J connectivity index is -0.000000208. The summed E-state index contributed by atoms with van der Waals surface area (Å²) in [6.45, 7) is 20.3. The van der Waals surface area contributed by atoms with Gasteiger partial charge in [-0.3, -0.25) is 0 Å². The molecule has 15 heavy (non-hydrogen) atoms. The summed E-state index contributed by atoms with van der Waals surface area (Å²) >= 11 is 0. The van der Waals surface area contributed by atoms with Crippen molar-refractivity contribution in [2.45, 2.75) is 74.7 Å². The molecular formula is C15H32. The molecule has 0 aliphatic heterocycles. The quantitative estimate of drug-likeness (QED) is 0.489. The lowest BCUT2D eigenvalue weighted by atomic mass is 10.1. The molecule has 0 spiro atoms. The van der Waals surface area contributed by atoms with Gasteiger partial charge in [0.25, 0.3) is 0 Å². The predicted octanol–water partition coefficient (Wildman–Crippen LogP) is 6.14. The second kappa shape index (κ2) is 15.9. The SMILES string of the molecule is C=C(C)C1=C(C)CCC1.CC.CC.CC. The van der Waals surface area contributed by atoms with Gasteiger partial charge in [0.15, 0.2) is 0 Å². The third-order valence-corrected chi connectivity index (χ3v) is 2.01. The minimum absolute atomic E-state index is 1.27. The molecule has 1 aliphatic carbocycles. The first-order valence-electron chi connectivity index (χ1n) is 6.56. The average Bonchev–Trinajstić information content (AvgIpc) is 2.73. The predicted molar refractivity (Wildman–Crippen MR) is 75.4 cm³/mol. The molecule has 0 atom stereocenters. The molecule has 0 radical (unpaired) electrons. The summed E-state index contributed by atoms with van der Waals surface area (Å²) in [7, 11) is 0. The summed E-state index contributed by atoms with van der Waals surface area (Å²) in [6, 6.07) is 0. The summed E-state index contributed by atoms with van der Waals surface area (Å²) in [6.07, 6.45) is 3.90. The highest BCUT2D eigenvalue weighted by molar-refractivity contribution is 5.33. The molecular weight excluding hydrogens is 180 g/mol. The fourth-order valence-corrected chi connectivity index (χ4v) is 1.47. The van der Waals surface area contributed by atoms with Crippen LogP contribution in [0.5, 0.6) is 0 Å². The van der Waals surface area contributed by atoms with E-state index in [1.807, 2.05) is 41.5 Å². The van der Waals surface area contributed by atoms with E-state index in [-0.39, 0.29) is 0 Å². The first-order chi connectivity index (χ1) is 7.22. The van der Waals surface area contributed by atoms with E-state index in [0.717, 1.165) is 0 Å². The summed E-state index contributed by atoms with van der Waals surface area (Å²) in [5.41, 5.74) is 4.35. The maximum atomic E-state index is 3.93. The van der Waals surface area contributed by atoms with Gasteiger partial charge in [-0.2, -0.15) is 0 Å². The van der Waals surface area contributed by atoms with Crippen molar-refractivity contribution in [2.24, 2.45) is 0 Å². The Hall–Kier alpha value is -0.520. The van der Waals surface area contributed by atoms with E-state index in [4.69, 9.17) is 0 Å². The van der Waals surface area contributed by atoms with Crippen molar-refractivity contribution in [3.8, 4) is 0 Å². The fourth-order valence-electron chi connectivity index (χ4n) is 1.47. The van der Waals surface area contributed by atoms with Crippen LogP contribution in [0.3, 0.4) is 0 Å². The highest BCUT2D eigenvalue weighted by Crippen LogP contribution is 2.29. The molecule has 1 rings (SSSR count). The zero-order chi connectivity index (χ0) is 12.9. The van der Waals surface area contributed by atoms with Crippen molar-refractivity contribution < 1.29 is 0 Å². The molecule has 0 nitrogen and oxygen atoms in total. The third-order valence-electron chi connectivity index (χ3n) is 2.01. The van der Waals surface area contributed by atoms with Crippen LogP contribution in [0, 0.1) is 0 Å². The van der Waals surface area contributed by atoms with Gasteiger partial charge in [0.2, 0.25) is 0 Å². The molecule has 92 valence electrons. The summed E-state index contributed by atoms with van der Waals surface area (Å²) in [4.78, 5) is 0. The Morgan fingerprint density at radius 1 is 0.933 bits per heavy atom. The van der Waals surface area contributed by atoms with Gasteiger partial charge in [-0.15, -0.1) is 0 Å². The standard InChI is InChI=1S/C9H14.3C2H6/c1-7(2)9-6-4-5-8(9)3;3*1-2/h1,4-6H2,2-3H3;3*1-2H3. The van der Waals surface area contributed by atoms with Gasteiger partial charge in [-0.05, 0) is 38.7 Å². The Kier molecular flexibility index (Phi) is 21.2. The number of hydrogen-bond donors (Lipinski definition) is 0. The van der Waals surface area contributed by atoms with Gasteiger partial charge in [0.05, 0.1) is 0 Å². The van der Waals surface area contributed by atoms with E-state index < -0.39 is 0 Å². The van der Waals surface area contributed by atoms with E-state index in [2.05, 4.69) is 20.4 Å². The van der Waals surface area contributed by atoms with Gasteiger partial charge in [-0.1, -0.05) is 59.3 Å². The van der Waals surface area contributed by atoms with Crippen molar-refractivity contribution in [3.05, 3.63) is 23.3 Å². The fraction of sp³-hybridized carbons (Fsp3) is 0.733. The molecule has 0 fully saturated rings. The molecule has 0 saturated heterocycles. The van der Waals surface area contributed by atoms with Crippen LogP contribution in [0.15, 0.2) is 23.3 Å². The molecule has 0 unspecified atom stereocenters. The second-order valence-electron chi connectivity index (χ2n) is 2.89. The van der Waals surface area contributed by atoms with Gasteiger partial charge in [-0.25, -0.2) is 0 Å². The van der Waals surface area contributed by atoms with E-state index in [0.29, 0.717) is 0 Å². The van der Waals surface area contributed by atoms with Crippen molar-refractivity contribution in [1.82, 2.24) is 0 Å². The molecule has 0 bridgehead atoms. The lowest BCUT2D eigenvalue weighted by molar-refractivity contribution is 0.895. The minimum Gasteiger partial charge on any atom is -0.0958 e. The van der Waals surface area contributed by atoms with Crippen LogP contribution in [0.4, 0.5) is 0 Å². The zero-order valence-electron chi connectivity index (χ0n) is 12.3. The monoisotopic (exact) mass is 212 g/mol. The van der Waals surface area contributed by atoms with Crippen molar-refractivity contribution in [1.29, 1.82) is 0 Å². The number of rotatable bonds is 1. The Bertz CT molecular complexity index is 161. The first kappa shape index (κ1) is 20.0. The molecule has 0 heterocycles. The molecule has 0 aromatic rings. The van der Waals surface area contributed by atoms with Gasteiger partial charge >= 0.3 is 0 Å². The molecule has 0 saturated carbocycles. The lowest BCUT2D eigenvalue weighted by Crippen LogP contribution is -1.79. The molecule has 1 aliphatic rings. The van der Waals surface area contributed by atoms with Crippen molar-refractivity contribution in [3.63, 3.8) is 0 Å². The lowest BCUT2D eigenvalue weighted by Gasteiger charge is -1.99. The van der Waals surface area contributed by atoms with Gasteiger partial charge < -0.3 is 0 Å². The van der Waals surface area contributed by atoms with Crippen molar-refractivity contribution >= 4 is 0 Å². The van der Waals surface area contributed by atoms with Crippen LogP contribution < -0.4 is 0 Å². The van der Waals surface area contributed by atoms with Crippen LogP contribution in [0.25, 0.3) is 0 Å². The Morgan fingerprint density at radius 3 is 1.47 bits per heavy atom. The Morgan fingerprint density at radius 2 is 1.33 bits per heavy atom. The first-order valence-corrected chi connectivity index (χ1v) is 6.56. The van der Waals surface area contributed by atoms with Gasteiger partial charge in [0.1, 0.15) is 0 Å². The van der Waals surface area contributed by atoms with E-state index in [1.54, 1.807) is 5.57 Å². The van der Waals surface area contributed by atoms with Crippen LogP contribution in [0.2, 0.25) is 0 Å². The third kappa shape index (κ3) is 9.78. The van der Waals surface area contributed by atoms with Crippen LogP contribution in [0.1, 0.15) is 74.7 Å². The highest BCUT2D eigenvalue weighted by Gasteiger charge is 2.09.